The minimum absolute atomic E-state index is 0. The molecule has 0 aromatic rings. The van der Waals surface area contributed by atoms with E-state index in [2.05, 4.69) is 0 Å². The molecule has 24 valence electrons. The maximum Gasteiger partial charge on any atom is 1.00 e. The van der Waals surface area contributed by atoms with Gasteiger partial charge in [-0.2, -0.15) is 0 Å². The molecule has 0 N–H and O–H groups in total. The van der Waals surface area contributed by atoms with Crippen LogP contribution in [0.2, 0.25) is 0 Å². The van der Waals surface area contributed by atoms with Crippen LogP contribution in [0.15, 0.2) is 0 Å². The Morgan fingerprint density at radius 3 is 1.00 bits per heavy atom. The van der Waals surface area contributed by atoms with Crippen LogP contribution in [0.1, 0.15) is 0 Å². The molecule has 0 radical (unpaired) electrons. The third-order valence-corrected chi connectivity index (χ3v) is 0. The van der Waals surface area contributed by atoms with Gasteiger partial charge in [0.15, 0.2) is 0 Å². The van der Waals surface area contributed by atoms with Crippen molar-refractivity contribution in [3.05, 3.63) is 0 Å². The van der Waals surface area contributed by atoms with E-state index >= 15 is 0 Å². The molecule has 0 saturated heterocycles. The summed E-state index contributed by atoms with van der Waals surface area (Å²) < 4.78 is 0. The van der Waals surface area contributed by atoms with E-state index in [0.717, 1.165) is 0 Å². The molecule has 0 spiro atoms. The predicted molar refractivity (Wildman–Crippen MR) is 5.40 cm³/mol. The van der Waals surface area contributed by atoms with Gasteiger partial charge < -0.3 is 15.0 Å². The van der Waals surface area contributed by atoms with Crippen molar-refractivity contribution in [2.45, 2.75) is 0 Å². The SMILES string of the molecule is O=C([O-])[O-].[Na+].[Na+].[Na+]. The fraction of sp³-hybridized carbons (Fsp3) is 0. The van der Waals surface area contributed by atoms with E-state index in [9.17, 15) is 0 Å². The normalized spacial score (nSPS) is 3.43. The summed E-state index contributed by atoms with van der Waals surface area (Å²) in [6.07, 6.45) is -2.33. The van der Waals surface area contributed by atoms with Crippen LogP contribution in [-0.2, 0) is 0 Å². The topological polar surface area (TPSA) is 63.2 Å². The van der Waals surface area contributed by atoms with Gasteiger partial charge in [0.1, 0.15) is 0 Å². The van der Waals surface area contributed by atoms with E-state index < -0.39 is 6.16 Å². The van der Waals surface area contributed by atoms with Gasteiger partial charge >= 0.3 is 88.7 Å². The quantitative estimate of drug-likeness (QED) is 0.305. The molecule has 0 atom stereocenters. The maximum absolute atomic E-state index is 8.33. The Bertz CT molecular complexity index is 33.2. The second-order valence-corrected chi connectivity index (χ2v) is 0.250. The molecule has 0 bridgehead atoms. The van der Waals surface area contributed by atoms with Crippen LogP contribution in [0.3, 0.4) is 0 Å². The molecule has 0 rings (SSSR count). The molecule has 6 heteroatoms. The first kappa shape index (κ1) is 22.8. The molecule has 0 aliphatic rings. The van der Waals surface area contributed by atoms with E-state index in [1.54, 1.807) is 0 Å². The molecular weight excluding hydrogens is 129 g/mol. The molecule has 0 fully saturated rings. The van der Waals surface area contributed by atoms with Gasteiger partial charge in [-0.15, -0.1) is 0 Å². The Balaban J connectivity index is -0.0000000150. The molecule has 0 saturated carbocycles. The molecule has 0 aromatic heterocycles. The van der Waals surface area contributed by atoms with Crippen LogP contribution in [0.25, 0.3) is 0 Å². The van der Waals surface area contributed by atoms with E-state index in [1.807, 2.05) is 0 Å². The second-order valence-electron chi connectivity index (χ2n) is 0.250. The molecule has 0 aromatic carbocycles. The van der Waals surface area contributed by atoms with Gasteiger partial charge in [0.25, 0.3) is 0 Å². The molecule has 7 heavy (non-hydrogen) atoms. The summed E-state index contributed by atoms with van der Waals surface area (Å²) in [6.45, 7) is 0. The number of carbonyl (C=O) groups is 1. The summed E-state index contributed by atoms with van der Waals surface area (Å²) in [5.74, 6) is 0. The number of hydrogen-bond donors (Lipinski definition) is 0. The van der Waals surface area contributed by atoms with Gasteiger partial charge in [0.2, 0.25) is 0 Å². The van der Waals surface area contributed by atoms with E-state index in [1.165, 1.54) is 0 Å². The molecule has 0 aliphatic heterocycles. The van der Waals surface area contributed by atoms with Crippen molar-refractivity contribution < 1.29 is 104 Å². The first-order chi connectivity index (χ1) is 1.73. The van der Waals surface area contributed by atoms with Crippen LogP contribution >= 0.6 is 0 Å². The Morgan fingerprint density at radius 1 is 1.00 bits per heavy atom. The van der Waals surface area contributed by atoms with Gasteiger partial charge in [-0.05, 0) is 6.16 Å². The smallest absolute Gasteiger partial charge is 0.652 e. The summed E-state index contributed by atoms with van der Waals surface area (Å²) in [4.78, 5) is 8.33. The largest absolute Gasteiger partial charge is 1.00 e. The van der Waals surface area contributed by atoms with Gasteiger partial charge in [0.05, 0.1) is 0 Å². The Kier molecular flexibility index (Phi) is 51.3. The zero-order chi connectivity index (χ0) is 3.58. The maximum atomic E-state index is 8.33. The summed E-state index contributed by atoms with van der Waals surface area (Å²) in [5, 5.41) is 16.7. The monoisotopic (exact) mass is 129 g/mol. The van der Waals surface area contributed by atoms with Gasteiger partial charge in [-0.3, -0.25) is 0 Å². The molecular formula is CNa3O3+. The Hall–Kier alpha value is 2.27. The first-order valence-electron chi connectivity index (χ1n) is 0.612. The third-order valence-electron chi connectivity index (χ3n) is 0. The number of carbonyl (C=O) groups excluding carboxylic acids is 1. The molecule has 0 heterocycles. The van der Waals surface area contributed by atoms with Crippen LogP contribution in [0.4, 0.5) is 4.79 Å². The first-order valence-corrected chi connectivity index (χ1v) is 0.612. The zero-order valence-corrected chi connectivity index (χ0v) is 10.7. The predicted octanol–water partition coefficient (Wildman–Crippen LogP) is -11.4. The summed E-state index contributed by atoms with van der Waals surface area (Å²) in [5.41, 5.74) is 0. The molecule has 0 amide bonds. The molecule has 0 aliphatic carbocycles. The van der Waals surface area contributed by atoms with Crippen molar-refractivity contribution in [3.8, 4) is 0 Å². The van der Waals surface area contributed by atoms with E-state index in [0.29, 0.717) is 0 Å². The average Bonchev–Trinajstić information content (AvgIpc) is 0.811. The van der Waals surface area contributed by atoms with Gasteiger partial charge in [-0.1, -0.05) is 0 Å². The fourth-order valence-corrected chi connectivity index (χ4v) is 0. The summed E-state index contributed by atoms with van der Waals surface area (Å²) >= 11 is 0. The minimum Gasteiger partial charge on any atom is -0.652 e. The van der Waals surface area contributed by atoms with Crippen molar-refractivity contribution in [1.29, 1.82) is 0 Å². The van der Waals surface area contributed by atoms with Crippen LogP contribution in [0, 0.1) is 0 Å². The fourth-order valence-electron chi connectivity index (χ4n) is 0. The molecule has 3 nitrogen and oxygen atoms in total. The van der Waals surface area contributed by atoms with Crippen LogP contribution in [-0.4, -0.2) is 6.16 Å². The summed E-state index contributed by atoms with van der Waals surface area (Å²) in [6, 6.07) is 0. The Labute approximate surface area is 108 Å². The second kappa shape index (κ2) is 15.7. The van der Waals surface area contributed by atoms with Crippen molar-refractivity contribution in [2.24, 2.45) is 0 Å². The van der Waals surface area contributed by atoms with Gasteiger partial charge in [-0.25, -0.2) is 0 Å². The molecule has 0 unspecified atom stereocenters. The average molecular weight is 129 g/mol. The number of carboxylic acid groups (broad SMARTS) is 2. The van der Waals surface area contributed by atoms with Gasteiger partial charge in [0, 0.05) is 0 Å². The van der Waals surface area contributed by atoms with Crippen LogP contribution < -0.4 is 98.9 Å². The zero-order valence-electron chi connectivity index (χ0n) is 4.72. The Morgan fingerprint density at radius 2 is 1.00 bits per heavy atom. The van der Waals surface area contributed by atoms with Crippen molar-refractivity contribution >= 4 is 6.16 Å². The minimum atomic E-state index is -2.33. The van der Waals surface area contributed by atoms with Crippen molar-refractivity contribution in [3.63, 3.8) is 0 Å². The summed E-state index contributed by atoms with van der Waals surface area (Å²) in [7, 11) is 0. The van der Waals surface area contributed by atoms with E-state index in [4.69, 9.17) is 15.0 Å². The van der Waals surface area contributed by atoms with Crippen LogP contribution in [0.5, 0.6) is 0 Å². The third kappa shape index (κ3) is 63.1. The van der Waals surface area contributed by atoms with Crippen molar-refractivity contribution in [2.75, 3.05) is 0 Å². The van der Waals surface area contributed by atoms with E-state index in [-0.39, 0.29) is 88.7 Å². The standard InChI is InChI=1S/CH2O3.3Na/c2-1(3)4;;;/h(H2,2,3,4);;;/q;3*+1/p-2. The number of hydrogen-bond acceptors (Lipinski definition) is 3. The number of rotatable bonds is 0. The van der Waals surface area contributed by atoms with Crippen molar-refractivity contribution in [1.82, 2.24) is 0 Å².